The summed E-state index contributed by atoms with van der Waals surface area (Å²) in [7, 11) is 0. The minimum absolute atomic E-state index is 0.139. The molecule has 1 aliphatic carbocycles. The monoisotopic (exact) mass is 421 g/mol. The quantitative estimate of drug-likeness (QED) is 0.544. The highest BCUT2D eigenvalue weighted by molar-refractivity contribution is 5.97. The molecule has 2 fully saturated rings. The van der Waals surface area contributed by atoms with E-state index in [2.05, 4.69) is 38.1 Å². The van der Waals surface area contributed by atoms with Crippen molar-refractivity contribution >= 4 is 35.1 Å². The second-order valence-corrected chi connectivity index (χ2v) is 8.03. The van der Waals surface area contributed by atoms with Gasteiger partial charge in [-0.25, -0.2) is 9.78 Å². The van der Waals surface area contributed by atoms with Gasteiger partial charge in [-0.05, 0) is 43.7 Å². The molecule has 162 valence electrons. The molecule has 0 atom stereocenters. The molecule has 0 bridgehead atoms. The van der Waals surface area contributed by atoms with E-state index in [0.717, 1.165) is 32.5 Å². The molecule has 0 spiro atoms. The first-order valence-corrected chi connectivity index (χ1v) is 10.8. The van der Waals surface area contributed by atoms with Crippen LogP contribution in [-0.2, 0) is 0 Å². The maximum atomic E-state index is 12.3. The van der Waals surface area contributed by atoms with Gasteiger partial charge in [0.2, 0.25) is 5.95 Å². The molecule has 5 N–H and O–H groups in total. The lowest BCUT2D eigenvalue weighted by Gasteiger charge is -2.16. The van der Waals surface area contributed by atoms with Crippen molar-refractivity contribution in [3.05, 3.63) is 36.0 Å². The van der Waals surface area contributed by atoms with E-state index in [1.807, 2.05) is 0 Å². The number of carbonyl (C=O) groups excluding carboxylic acids is 2. The van der Waals surface area contributed by atoms with Gasteiger partial charge in [0, 0.05) is 31.9 Å². The van der Waals surface area contributed by atoms with Gasteiger partial charge in [0.15, 0.2) is 0 Å². The topological polar surface area (TPSA) is 125 Å². The number of nitrogens with two attached hydrogens (primary N) is 1. The Kier molecular flexibility index (Phi) is 6.36. The summed E-state index contributed by atoms with van der Waals surface area (Å²) in [4.78, 5) is 34.5. The fraction of sp³-hybridized carbons (Fsp3) is 0.455. The highest BCUT2D eigenvalue weighted by atomic mass is 16.2. The van der Waals surface area contributed by atoms with Crippen LogP contribution >= 0.6 is 0 Å². The van der Waals surface area contributed by atoms with Crippen LogP contribution in [0.15, 0.2) is 18.3 Å². The van der Waals surface area contributed by atoms with E-state index in [1.165, 1.54) is 31.9 Å². The van der Waals surface area contributed by atoms with Gasteiger partial charge in [0.1, 0.15) is 5.82 Å². The summed E-state index contributed by atoms with van der Waals surface area (Å²) in [6, 6.07) is 9.07. The fourth-order valence-corrected chi connectivity index (χ4v) is 4.02. The van der Waals surface area contributed by atoms with Gasteiger partial charge in [-0.2, -0.15) is 4.98 Å². The number of nitrogens with one attached hydrogen (secondary N) is 3. The number of rotatable bonds is 7. The average molecular weight is 422 g/mol. The van der Waals surface area contributed by atoms with Crippen LogP contribution in [0.4, 0.5) is 27.9 Å². The van der Waals surface area contributed by atoms with Crippen molar-refractivity contribution < 1.29 is 9.59 Å². The third kappa shape index (κ3) is 5.34. The second kappa shape index (κ2) is 9.51. The first kappa shape index (κ1) is 20.7. The molecule has 31 heavy (non-hydrogen) atoms. The predicted octanol–water partition coefficient (Wildman–Crippen LogP) is 3.15. The molecule has 2 heterocycles. The van der Waals surface area contributed by atoms with Crippen molar-refractivity contribution in [1.29, 1.82) is 0 Å². The van der Waals surface area contributed by atoms with Crippen molar-refractivity contribution in [2.45, 2.75) is 38.5 Å². The first-order chi connectivity index (χ1) is 15.1. The zero-order chi connectivity index (χ0) is 21.6. The van der Waals surface area contributed by atoms with Crippen LogP contribution < -0.4 is 21.7 Å². The number of amides is 3. The number of urea groups is 1. The summed E-state index contributed by atoms with van der Waals surface area (Å²) in [6.07, 6.45) is 8.31. The lowest BCUT2D eigenvalue weighted by Crippen LogP contribution is -2.32. The van der Waals surface area contributed by atoms with E-state index >= 15 is 0 Å². The van der Waals surface area contributed by atoms with Crippen molar-refractivity contribution in [3.63, 3.8) is 0 Å². The van der Waals surface area contributed by atoms with Crippen LogP contribution in [0.25, 0.3) is 0 Å². The Labute approximate surface area is 181 Å². The van der Waals surface area contributed by atoms with Crippen LogP contribution in [0.1, 0.15) is 48.9 Å². The van der Waals surface area contributed by atoms with Gasteiger partial charge in [-0.1, -0.05) is 18.9 Å². The Hall–Kier alpha value is -3.54. The fourth-order valence-electron chi connectivity index (χ4n) is 4.02. The molecular weight excluding hydrogens is 394 g/mol. The molecule has 0 radical (unpaired) electrons. The molecule has 9 nitrogen and oxygen atoms in total. The Bertz CT molecular complexity index is 937. The number of primary amides is 1. The molecule has 2 aromatic rings. The van der Waals surface area contributed by atoms with Gasteiger partial charge in [-0.15, -0.1) is 0 Å². The maximum Gasteiger partial charge on any atom is 0.322 e. The summed E-state index contributed by atoms with van der Waals surface area (Å²) in [5, 5.41) is 9.20. The summed E-state index contributed by atoms with van der Waals surface area (Å²) >= 11 is 0. The maximum absolute atomic E-state index is 12.3. The molecule has 1 saturated heterocycles. The molecule has 2 aliphatic rings. The van der Waals surface area contributed by atoms with E-state index < -0.39 is 5.91 Å². The van der Waals surface area contributed by atoms with E-state index in [4.69, 9.17) is 5.73 Å². The molecule has 1 aliphatic heterocycles. The van der Waals surface area contributed by atoms with Crippen LogP contribution in [0.3, 0.4) is 0 Å². The van der Waals surface area contributed by atoms with Gasteiger partial charge >= 0.3 is 6.03 Å². The van der Waals surface area contributed by atoms with E-state index in [9.17, 15) is 9.59 Å². The number of likely N-dealkylation sites (tertiary alicyclic amines) is 1. The highest BCUT2D eigenvalue weighted by Gasteiger charge is 2.19. The Morgan fingerprint density at radius 2 is 1.97 bits per heavy atom. The molecular formula is C22H27N7O2. The number of nitrogens with zero attached hydrogens (tertiary/aromatic N) is 3. The molecule has 1 saturated carbocycles. The standard InChI is InChI=1S/C22H27N7O2/c23-19(30)18-14-25-21(28-20(18)24-13-15-6-1-2-7-15)26-16-8-5-9-17(12-16)27-22(31)29-10-3-4-11-29/h8,12,14-15H,1-4,6-7,10-11,13H2,(H2,23,30)(H,27,31)(H2,24,25,26,28). The molecule has 1 aromatic carbocycles. The van der Waals surface area contributed by atoms with Crippen LogP contribution in [0.5, 0.6) is 0 Å². The molecule has 9 heteroatoms. The molecule has 1 aromatic heterocycles. The minimum atomic E-state index is -0.574. The van der Waals surface area contributed by atoms with Crippen molar-refractivity contribution in [1.82, 2.24) is 14.9 Å². The normalized spacial score (nSPS) is 16.1. The van der Waals surface area contributed by atoms with Crippen molar-refractivity contribution in [3.8, 4) is 0 Å². The summed E-state index contributed by atoms with van der Waals surface area (Å²) < 4.78 is 0. The summed E-state index contributed by atoms with van der Waals surface area (Å²) in [5.74, 6) is 0.740. The lowest BCUT2D eigenvalue weighted by atomic mass is 10.1. The first-order valence-electron chi connectivity index (χ1n) is 10.8. The molecule has 4 rings (SSSR count). The summed E-state index contributed by atoms with van der Waals surface area (Å²) in [5.41, 5.74) is 6.90. The lowest BCUT2D eigenvalue weighted by molar-refractivity contribution is 0.100. The predicted molar refractivity (Wildman–Crippen MR) is 118 cm³/mol. The molecule has 0 unspecified atom stereocenters. The van der Waals surface area contributed by atoms with E-state index in [1.54, 1.807) is 17.0 Å². The highest BCUT2D eigenvalue weighted by Crippen LogP contribution is 2.26. The van der Waals surface area contributed by atoms with Crippen molar-refractivity contribution in [2.24, 2.45) is 11.7 Å². The van der Waals surface area contributed by atoms with Gasteiger partial charge < -0.3 is 26.6 Å². The number of aromatic nitrogens is 2. The summed E-state index contributed by atoms with van der Waals surface area (Å²) in [6.45, 7) is 2.28. The zero-order valence-electron chi connectivity index (χ0n) is 17.4. The third-order valence-electron chi connectivity index (χ3n) is 5.71. The Morgan fingerprint density at radius 1 is 1.19 bits per heavy atom. The second-order valence-electron chi connectivity index (χ2n) is 8.03. The Balaban J connectivity index is 1.44. The van der Waals surface area contributed by atoms with Crippen LogP contribution in [0, 0.1) is 18.1 Å². The molecule has 3 amide bonds. The zero-order valence-corrected chi connectivity index (χ0v) is 17.4. The number of carbonyl (C=O) groups is 2. The van der Waals surface area contributed by atoms with E-state index in [-0.39, 0.29) is 11.6 Å². The van der Waals surface area contributed by atoms with Gasteiger partial charge in [0.05, 0.1) is 16.9 Å². The van der Waals surface area contributed by atoms with Gasteiger partial charge in [0.25, 0.3) is 5.91 Å². The SMILES string of the molecule is NC(=O)c1cnc(Nc2cc#cc(NC(=O)N3CCCC3)c2)nc1NCC1CCCC1. The van der Waals surface area contributed by atoms with E-state index in [0.29, 0.717) is 29.1 Å². The third-order valence-corrected chi connectivity index (χ3v) is 5.71. The Morgan fingerprint density at radius 3 is 2.71 bits per heavy atom. The van der Waals surface area contributed by atoms with Gasteiger partial charge in [-0.3, -0.25) is 4.79 Å². The average Bonchev–Trinajstić information content (AvgIpc) is 3.47. The largest absolute Gasteiger partial charge is 0.369 e. The van der Waals surface area contributed by atoms with Crippen LogP contribution in [0.2, 0.25) is 0 Å². The minimum Gasteiger partial charge on any atom is -0.369 e. The smallest absolute Gasteiger partial charge is 0.322 e. The van der Waals surface area contributed by atoms with Crippen molar-refractivity contribution in [2.75, 3.05) is 35.6 Å². The van der Waals surface area contributed by atoms with Crippen LogP contribution in [-0.4, -0.2) is 46.4 Å². The number of hydrogen-bond acceptors (Lipinski definition) is 6. The number of hydrogen-bond donors (Lipinski definition) is 4. The number of anilines is 4.